The Morgan fingerprint density at radius 2 is 2.20 bits per heavy atom. The highest BCUT2D eigenvalue weighted by Gasteiger charge is 2.12. The maximum absolute atomic E-state index is 4.04. The minimum absolute atomic E-state index is 0.267. The van der Waals surface area contributed by atoms with Crippen LogP contribution in [0.5, 0.6) is 0 Å². The summed E-state index contributed by atoms with van der Waals surface area (Å²) in [6.45, 7) is 11.3. The first kappa shape index (κ1) is 12.5. The first-order valence-electron chi connectivity index (χ1n) is 5.21. The van der Waals surface area contributed by atoms with Gasteiger partial charge in [-0.2, -0.15) is 0 Å². The van der Waals surface area contributed by atoms with Gasteiger partial charge in [-0.25, -0.2) is 0 Å². The summed E-state index contributed by atoms with van der Waals surface area (Å²) < 4.78 is 1.13. The van der Waals surface area contributed by atoms with Gasteiger partial charge in [0.1, 0.15) is 0 Å². The molecule has 1 aromatic rings. The summed E-state index contributed by atoms with van der Waals surface area (Å²) >= 11 is 3.48. The quantitative estimate of drug-likeness (QED) is 0.814. The number of halogens is 1. The zero-order valence-electron chi connectivity index (χ0n) is 9.60. The zero-order chi connectivity index (χ0) is 11.4. The smallest absolute Gasteiger partial charge is 0.0533 e. The van der Waals surface area contributed by atoms with Crippen LogP contribution in [0.4, 0.5) is 0 Å². The van der Waals surface area contributed by atoms with Crippen molar-refractivity contribution in [2.75, 3.05) is 6.54 Å². The highest BCUT2D eigenvalue weighted by molar-refractivity contribution is 9.10. The van der Waals surface area contributed by atoms with Gasteiger partial charge < -0.3 is 5.32 Å². The Morgan fingerprint density at radius 3 is 2.67 bits per heavy atom. The van der Waals surface area contributed by atoms with Gasteiger partial charge in [-0.15, -0.1) is 0 Å². The van der Waals surface area contributed by atoms with Crippen LogP contribution >= 0.6 is 15.9 Å². The second kappa shape index (κ2) is 5.47. The average Bonchev–Trinajstić information content (AvgIpc) is 2.15. The van der Waals surface area contributed by atoms with Crippen molar-refractivity contribution >= 4 is 15.9 Å². The van der Waals surface area contributed by atoms with Gasteiger partial charge in [0.15, 0.2) is 0 Å². The Bertz CT molecular complexity index is 358. The minimum Gasteiger partial charge on any atom is -0.307 e. The summed E-state index contributed by atoms with van der Waals surface area (Å²) in [5.41, 5.74) is 3.76. The van der Waals surface area contributed by atoms with E-state index in [9.17, 15) is 0 Å². The predicted molar refractivity (Wildman–Crippen MR) is 70.1 cm³/mol. The summed E-state index contributed by atoms with van der Waals surface area (Å²) in [5.74, 6) is 0. The van der Waals surface area contributed by atoms with Crippen LogP contribution < -0.4 is 5.32 Å². The summed E-state index contributed by atoms with van der Waals surface area (Å²) in [5, 5.41) is 3.44. The van der Waals surface area contributed by atoms with Crippen LogP contribution in [0, 0.1) is 6.92 Å². The zero-order valence-corrected chi connectivity index (χ0v) is 11.2. The fourth-order valence-corrected chi connectivity index (χ4v) is 2.19. The minimum atomic E-state index is 0.267. The maximum Gasteiger partial charge on any atom is 0.0533 e. The van der Waals surface area contributed by atoms with E-state index in [1.165, 1.54) is 11.1 Å². The lowest BCUT2D eigenvalue weighted by molar-refractivity contribution is 0.618. The molecule has 1 N–H and O–H groups in total. The molecule has 0 aliphatic rings. The molecule has 0 aromatic heterocycles. The Hall–Kier alpha value is -0.600. The fraction of sp³-hybridized carbons (Fsp3) is 0.385. The fourth-order valence-electron chi connectivity index (χ4n) is 1.72. The molecule has 1 nitrogen and oxygen atoms in total. The standard InChI is InChI=1S/C13H18BrN/c1-5-15-13(9(2)3)12-7-6-11(14)8-10(12)4/h6-8,13,15H,2,5H2,1,3-4H3. The second-order valence-electron chi connectivity index (χ2n) is 3.84. The molecule has 0 spiro atoms. The van der Waals surface area contributed by atoms with Crippen LogP contribution in [0.1, 0.15) is 31.0 Å². The third-order valence-electron chi connectivity index (χ3n) is 2.44. The lowest BCUT2D eigenvalue weighted by Crippen LogP contribution is -2.22. The van der Waals surface area contributed by atoms with E-state index in [1.54, 1.807) is 0 Å². The van der Waals surface area contributed by atoms with Gasteiger partial charge in [0.2, 0.25) is 0 Å². The molecular formula is C13H18BrN. The van der Waals surface area contributed by atoms with E-state index >= 15 is 0 Å². The van der Waals surface area contributed by atoms with Crippen molar-refractivity contribution in [1.29, 1.82) is 0 Å². The van der Waals surface area contributed by atoms with Gasteiger partial charge in [-0.05, 0) is 43.7 Å². The van der Waals surface area contributed by atoms with Crippen molar-refractivity contribution in [1.82, 2.24) is 5.32 Å². The maximum atomic E-state index is 4.04. The molecule has 0 aliphatic carbocycles. The van der Waals surface area contributed by atoms with Gasteiger partial charge in [-0.3, -0.25) is 0 Å². The third kappa shape index (κ3) is 3.18. The van der Waals surface area contributed by atoms with Gasteiger partial charge in [0.05, 0.1) is 6.04 Å². The molecule has 1 atom stereocenters. The van der Waals surface area contributed by atoms with Crippen LogP contribution in [0.2, 0.25) is 0 Å². The first-order chi connectivity index (χ1) is 7.06. The molecule has 82 valence electrons. The van der Waals surface area contributed by atoms with Crippen LogP contribution in [0.15, 0.2) is 34.8 Å². The first-order valence-corrected chi connectivity index (χ1v) is 6.00. The van der Waals surface area contributed by atoms with Gasteiger partial charge in [-0.1, -0.05) is 41.1 Å². The number of hydrogen-bond donors (Lipinski definition) is 1. The number of hydrogen-bond acceptors (Lipinski definition) is 1. The van der Waals surface area contributed by atoms with E-state index in [1.807, 2.05) is 0 Å². The number of aryl methyl sites for hydroxylation is 1. The summed E-state index contributed by atoms with van der Waals surface area (Å²) in [4.78, 5) is 0. The molecule has 15 heavy (non-hydrogen) atoms. The Balaban J connectivity index is 3.05. The molecule has 0 saturated carbocycles. The largest absolute Gasteiger partial charge is 0.307 e. The predicted octanol–water partition coefficient (Wildman–Crippen LogP) is 3.98. The molecule has 0 aliphatic heterocycles. The van der Waals surface area contributed by atoms with Crippen LogP contribution in [-0.2, 0) is 0 Å². The molecule has 0 saturated heterocycles. The number of benzene rings is 1. The lowest BCUT2D eigenvalue weighted by Gasteiger charge is -2.20. The average molecular weight is 268 g/mol. The lowest BCUT2D eigenvalue weighted by atomic mass is 9.97. The number of rotatable bonds is 4. The van der Waals surface area contributed by atoms with Crippen LogP contribution in [0.25, 0.3) is 0 Å². The van der Waals surface area contributed by atoms with E-state index in [4.69, 9.17) is 0 Å². The molecule has 0 bridgehead atoms. The van der Waals surface area contributed by atoms with Crippen LogP contribution in [0.3, 0.4) is 0 Å². The molecule has 0 radical (unpaired) electrons. The van der Waals surface area contributed by atoms with Gasteiger partial charge >= 0.3 is 0 Å². The second-order valence-corrected chi connectivity index (χ2v) is 4.75. The van der Waals surface area contributed by atoms with Crippen molar-refractivity contribution < 1.29 is 0 Å². The molecule has 2 heteroatoms. The highest BCUT2D eigenvalue weighted by atomic mass is 79.9. The van der Waals surface area contributed by atoms with Crippen molar-refractivity contribution in [3.8, 4) is 0 Å². The van der Waals surface area contributed by atoms with Crippen molar-refractivity contribution in [3.63, 3.8) is 0 Å². The molecule has 0 heterocycles. The molecule has 0 fully saturated rings. The van der Waals surface area contributed by atoms with Crippen molar-refractivity contribution in [2.24, 2.45) is 0 Å². The summed E-state index contributed by atoms with van der Waals surface area (Å²) in [6, 6.07) is 6.64. The SMILES string of the molecule is C=C(C)C(NCC)c1ccc(Br)cc1C. The topological polar surface area (TPSA) is 12.0 Å². The molecule has 0 amide bonds. The molecule has 1 aromatic carbocycles. The monoisotopic (exact) mass is 267 g/mol. The molecular weight excluding hydrogens is 250 g/mol. The van der Waals surface area contributed by atoms with E-state index in [0.717, 1.165) is 16.6 Å². The van der Waals surface area contributed by atoms with Gasteiger partial charge in [0.25, 0.3) is 0 Å². The number of likely N-dealkylation sites (N-methyl/N-ethyl adjacent to an activating group) is 1. The highest BCUT2D eigenvalue weighted by Crippen LogP contribution is 2.25. The summed E-state index contributed by atoms with van der Waals surface area (Å²) in [7, 11) is 0. The molecule has 1 unspecified atom stereocenters. The Labute approximate surface area is 101 Å². The van der Waals surface area contributed by atoms with Gasteiger partial charge in [0, 0.05) is 4.47 Å². The van der Waals surface area contributed by atoms with Crippen molar-refractivity contribution in [2.45, 2.75) is 26.8 Å². The third-order valence-corrected chi connectivity index (χ3v) is 2.94. The molecule has 1 rings (SSSR count). The van der Waals surface area contributed by atoms with Crippen LogP contribution in [-0.4, -0.2) is 6.54 Å². The number of nitrogens with one attached hydrogen (secondary N) is 1. The van der Waals surface area contributed by atoms with E-state index < -0.39 is 0 Å². The van der Waals surface area contributed by atoms with Crippen molar-refractivity contribution in [3.05, 3.63) is 46.0 Å². The van der Waals surface area contributed by atoms with E-state index in [-0.39, 0.29) is 6.04 Å². The summed E-state index contributed by atoms with van der Waals surface area (Å²) in [6.07, 6.45) is 0. The Morgan fingerprint density at radius 1 is 1.53 bits per heavy atom. The normalized spacial score (nSPS) is 12.5. The Kier molecular flexibility index (Phi) is 4.55. The van der Waals surface area contributed by atoms with E-state index in [0.29, 0.717) is 0 Å². The van der Waals surface area contributed by atoms with E-state index in [2.05, 4.69) is 66.8 Å².